The minimum Gasteiger partial charge on any atom is -0.305 e. The van der Waals surface area contributed by atoms with Crippen molar-refractivity contribution in [2.75, 3.05) is 0 Å². The third-order valence-corrected chi connectivity index (χ3v) is 2.74. The lowest BCUT2D eigenvalue weighted by molar-refractivity contribution is 0.868. The SMILES string of the molecule is CCCc1cc(=O)[nH]c(-c2ccc(Br)cn2)n1. The second kappa shape index (κ2) is 5.23. The molecule has 2 aromatic heterocycles. The van der Waals surface area contributed by atoms with Gasteiger partial charge in [0.25, 0.3) is 5.56 Å². The van der Waals surface area contributed by atoms with E-state index in [-0.39, 0.29) is 5.56 Å². The van der Waals surface area contributed by atoms with E-state index < -0.39 is 0 Å². The predicted molar refractivity (Wildman–Crippen MR) is 69.8 cm³/mol. The van der Waals surface area contributed by atoms with Gasteiger partial charge >= 0.3 is 0 Å². The fourth-order valence-corrected chi connectivity index (χ4v) is 1.76. The Kier molecular flexibility index (Phi) is 3.68. The van der Waals surface area contributed by atoms with Crippen LogP contribution in [0.5, 0.6) is 0 Å². The zero-order chi connectivity index (χ0) is 12.3. The van der Waals surface area contributed by atoms with Crippen molar-refractivity contribution in [3.63, 3.8) is 0 Å². The van der Waals surface area contributed by atoms with Gasteiger partial charge in [-0.3, -0.25) is 9.78 Å². The van der Waals surface area contributed by atoms with Gasteiger partial charge in [0.05, 0.1) is 0 Å². The number of aromatic nitrogens is 3. The summed E-state index contributed by atoms with van der Waals surface area (Å²) in [5.41, 5.74) is 1.34. The van der Waals surface area contributed by atoms with Gasteiger partial charge in [-0.05, 0) is 34.5 Å². The number of rotatable bonds is 3. The third-order valence-electron chi connectivity index (χ3n) is 2.27. The summed E-state index contributed by atoms with van der Waals surface area (Å²) in [5, 5.41) is 0. The highest BCUT2D eigenvalue weighted by molar-refractivity contribution is 9.10. The number of pyridine rings is 1. The molecule has 2 rings (SSSR count). The monoisotopic (exact) mass is 293 g/mol. The summed E-state index contributed by atoms with van der Waals surface area (Å²) in [6.07, 6.45) is 3.44. The Morgan fingerprint density at radius 2 is 2.24 bits per heavy atom. The largest absolute Gasteiger partial charge is 0.305 e. The fourth-order valence-electron chi connectivity index (χ4n) is 1.53. The summed E-state index contributed by atoms with van der Waals surface area (Å²) in [6, 6.07) is 5.22. The van der Waals surface area contributed by atoms with Crippen LogP contribution in [0.25, 0.3) is 11.5 Å². The maximum absolute atomic E-state index is 11.5. The quantitative estimate of drug-likeness (QED) is 0.946. The number of aryl methyl sites for hydroxylation is 1. The maximum Gasteiger partial charge on any atom is 0.251 e. The van der Waals surface area contributed by atoms with Crippen molar-refractivity contribution in [3.05, 3.63) is 44.9 Å². The molecule has 0 unspecified atom stereocenters. The van der Waals surface area contributed by atoms with Crippen LogP contribution < -0.4 is 5.56 Å². The molecule has 0 atom stereocenters. The van der Waals surface area contributed by atoms with Gasteiger partial charge in [0.2, 0.25) is 0 Å². The van der Waals surface area contributed by atoms with Crippen molar-refractivity contribution in [1.82, 2.24) is 15.0 Å². The van der Waals surface area contributed by atoms with Gasteiger partial charge in [-0.2, -0.15) is 0 Å². The van der Waals surface area contributed by atoms with Crippen LogP contribution in [0.2, 0.25) is 0 Å². The molecule has 0 bridgehead atoms. The first-order valence-corrected chi connectivity index (χ1v) is 6.20. The number of hydrogen-bond donors (Lipinski definition) is 1. The predicted octanol–water partition coefficient (Wildman–Crippen LogP) is 2.55. The molecule has 0 spiro atoms. The van der Waals surface area contributed by atoms with Crippen LogP contribution in [0.1, 0.15) is 19.0 Å². The van der Waals surface area contributed by atoms with Crippen LogP contribution in [0.3, 0.4) is 0 Å². The Hall–Kier alpha value is -1.49. The van der Waals surface area contributed by atoms with Crippen LogP contribution in [-0.4, -0.2) is 15.0 Å². The number of nitrogens with zero attached hydrogens (tertiary/aromatic N) is 2. The lowest BCUT2D eigenvalue weighted by Crippen LogP contribution is -2.10. The molecule has 0 radical (unpaired) electrons. The summed E-state index contributed by atoms with van der Waals surface area (Å²) >= 11 is 3.32. The van der Waals surface area contributed by atoms with E-state index in [1.54, 1.807) is 6.20 Å². The minimum atomic E-state index is -0.136. The average molecular weight is 294 g/mol. The zero-order valence-electron chi connectivity index (χ0n) is 9.40. The van der Waals surface area contributed by atoms with E-state index in [1.807, 2.05) is 12.1 Å². The third kappa shape index (κ3) is 3.00. The van der Waals surface area contributed by atoms with E-state index in [4.69, 9.17) is 0 Å². The normalized spacial score (nSPS) is 10.5. The Morgan fingerprint density at radius 3 is 2.88 bits per heavy atom. The van der Waals surface area contributed by atoms with Crippen LogP contribution in [0.4, 0.5) is 0 Å². The standard InChI is InChI=1S/C12H12BrN3O/c1-2-3-9-6-11(17)16-12(15-9)10-5-4-8(13)7-14-10/h4-7H,2-3H2,1H3,(H,15,16,17). The molecule has 0 amide bonds. The molecule has 0 aromatic carbocycles. The molecule has 0 saturated carbocycles. The molecule has 0 aliphatic heterocycles. The molecule has 0 saturated heterocycles. The van der Waals surface area contributed by atoms with Crippen molar-refractivity contribution in [2.24, 2.45) is 0 Å². The lowest BCUT2D eigenvalue weighted by Gasteiger charge is -2.02. The fraction of sp³-hybridized carbons (Fsp3) is 0.250. The van der Waals surface area contributed by atoms with Gasteiger partial charge in [-0.15, -0.1) is 0 Å². The highest BCUT2D eigenvalue weighted by Crippen LogP contribution is 2.14. The van der Waals surface area contributed by atoms with Gasteiger partial charge in [-0.25, -0.2) is 4.98 Å². The van der Waals surface area contributed by atoms with Gasteiger partial charge in [0, 0.05) is 22.4 Å². The highest BCUT2D eigenvalue weighted by atomic mass is 79.9. The summed E-state index contributed by atoms with van der Waals surface area (Å²) in [5.74, 6) is 0.522. The molecule has 17 heavy (non-hydrogen) atoms. The average Bonchev–Trinajstić information content (AvgIpc) is 2.29. The van der Waals surface area contributed by atoms with Crippen molar-refractivity contribution in [1.29, 1.82) is 0 Å². The topological polar surface area (TPSA) is 58.6 Å². The second-order valence-corrected chi connectivity index (χ2v) is 4.61. The van der Waals surface area contributed by atoms with Gasteiger partial charge in [-0.1, -0.05) is 13.3 Å². The van der Waals surface area contributed by atoms with Crippen molar-refractivity contribution >= 4 is 15.9 Å². The molecule has 0 aliphatic carbocycles. The molecule has 2 aromatic rings. The summed E-state index contributed by atoms with van der Waals surface area (Å²) in [7, 11) is 0. The van der Waals surface area contributed by atoms with E-state index >= 15 is 0 Å². The van der Waals surface area contributed by atoms with Crippen LogP contribution in [0, 0.1) is 0 Å². The molecule has 88 valence electrons. The molecule has 5 heteroatoms. The van der Waals surface area contributed by atoms with E-state index in [2.05, 4.69) is 37.8 Å². The Bertz CT molecular complexity index is 563. The molecule has 2 heterocycles. The lowest BCUT2D eigenvalue weighted by atomic mass is 10.2. The summed E-state index contributed by atoms with van der Waals surface area (Å²) in [6.45, 7) is 2.06. The van der Waals surface area contributed by atoms with E-state index in [0.717, 1.165) is 23.0 Å². The van der Waals surface area contributed by atoms with Gasteiger partial charge in [0.1, 0.15) is 5.69 Å². The first-order valence-electron chi connectivity index (χ1n) is 5.41. The van der Waals surface area contributed by atoms with Crippen molar-refractivity contribution in [2.45, 2.75) is 19.8 Å². The number of hydrogen-bond acceptors (Lipinski definition) is 3. The smallest absolute Gasteiger partial charge is 0.251 e. The van der Waals surface area contributed by atoms with E-state index in [0.29, 0.717) is 11.5 Å². The second-order valence-electron chi connectivity index (χ2n) is 3.70. The van der Waals surface area contributed by atoms with Crippen LogP contribution in [0.15, 0.2) is 33.7 Å². The molecule has 0 fully saturated rings. The van der Waals surface area contributed by atoms with Gasteiger partial charge in [0.15, 0.2) is 5.82 Å². The number of halogens is 1. The first kappa shape index (κ1) is 12.0. The van der Waals surface area contributed by atoms with Gasteiger partial charge < -0.3 is 4.98 Å². The number of H-pyrrole nitrogens is 1. The molecular formula is C12H12BrN3O. The molecular weight excluding hydrogens is 282 g/mol. The van der Waals surface area contributed by atoms with Crippen molar-refractivity contribution < 1.29 is 0 Å². The summed E-state index contributed by atoms with van der Waals surface area (Å²) in [4.78, 5) is 22.8. The van der Waals surface area contributed by atoms with E-state index in [1.165, 1.54) is 6.07 Å². The van der Waals surface area contributed by atoms with Crippen LogP contribution >= 0.6 is 15.9 Å². The zero-order valence-corrected chi connectivity index (χ0v) is 11.0. The van der Waals surface area contributed by atoms with Crippen molar-refractivity contribution in [3.8, 4) is 11.5 Å². The maximum atomic E-state index is 11.5. The Morgan fingerprint density at radius 1 is 1.41 bits per heavy atom. The number of nitrogens with one attached hydrogen (secondary N) is 1. The molecule has 0 aliphatic rings. The van der Waals surface area contributed by atoms with E-state index in [9.17, 15) is 4.79 Å². The number of aromatic amines is 1. The first-order chi connectivity index (χ1) is 8.19. The summed E-state index contributed by atoms with van der Waals surface area (Å²) < 4.78 is 0.897. The Labute approximate surface area is 107 Å². The minimum absolute atomic E-state index is 0.136. The van der Waals surface area contributed by atoms with Crippen LogP contribution in [-0.2, 0) is 6.42 Å². The highest BCUT2D eigenvalue weighted by Gasteiger charge is 2.04. The Balaban J connectivity index is 2.44. The molecule has 1 N–H and O–H groups in total. The molecule has 4 nitrogen and oxygen atoms in total.